The van der Waals surface area contributed by atoms with Gasteiger partial charge in [0.1, 0.15) is 0 Å². The Hall–Kier alpha value is -2.21. The molecule has 2 aromatic rings. The van der Waals surface area contributed by atoms with Crippen LogP contribution in [0.15, 0.2) is 35.3 Å². The Kier molecular flexibility index (Phi) is 4.92. The molecule has 1 amide bonds. The van der Waals surface area contributed by atoms with Crippen molar-refractivity contribution in [2.45, 2.75) is 19.9 Å². The maximum atomic E-state index is 13.2. The molecule has 4 nitrogen and oxygen atoms in total. The highest BCUT2D eigenvalue weighted by atomic mass is 35.5. The van der Waals surface area contributed by atoms with Crippen molar-refractivity contribution >= 4 is 23.2 Å². The number of nitrogens with zero attached hydrogens (tertiary/aromatic N) is 1. The molecule has 1 heterocycles. The van der Waals surface area contributed by atoms with E-state index in [1.165, 1.54) is 22.9 Å². The molecule has 7 heteroatoms. The monoisotopic (exact) mass is 326 g/mol. The van der Waals surface area contributed by atoms with Gasteiger partial charge in [0.05, 0.1) is 16.3 Å². The number of hydrogen-bond acceptors (Lipinski definition) is 2. The van der Waals surface area contributed by atoms with Gasteiger partial charge in [-0.3, -0.25) is 9.59 Å². The lowest BCUT2D eigenvalue weighted by molar-refractivity contribution is 0.102. The fourth-order valence-electron chi connectivity index (χ4n) is 1.92. The van der Waals surface area contributed by atoms with Gasteiger partial charge in [0.25, 0.3) is 11.5 Å². The van der Waals surface area contributed by atoms with E-state index in [4.69, 9.17) is 11.6 Å². The average Bonchev–Trinajstić information content (AvgIpc) is 2.46. The summed E-state index contributed by atoms with van der Waals surface area (Å²) in [5.74, 6) is -2.98. The van der Waals surface area contributed by atoms with E-state index in [9.17, 15) is 18.4 Å². The average molecular weight is 327 g/mol. The first kappa shape index (κ1) is 16.2. The Labute approximate surface area is 130 Å². The molecule has 0 atom stereocenters. The van der Waals surface area contributed by atoms with Crippen LogP contribution in [0.1, 0.15) is 23.7 Å². The van der Waals surface area contributed by atoms with Crippen LogP contribution in [0.5, 0.6) is 0 Å². The normalized spacial score (nSPS) is 10.5. The quantitative estimate of drug-likeness (QED) is 0.875. The lowest BCUT2D eigenvalue weighted by Crippen LogP contribution is -2.20. The van der Waals surface area contributed by atoms with Gasteiger partial charge in [-0.1, -0.05) is 18.5 Å². The van der Waals surface area contributed by atoms with Crippen LogP contribution < -0.4 is 10.9 Å². The summed E-state index contributed by atoms with van der Waals surface area (Å²) in [7, 11) is 0. The number of hydrogen-bond donors (Lipinski definition) is 1. The Morgan fingerprint density at radius 2 is 1.95 bits per heavy atom. The number of aryl methyl sites for hydroxylation is 1. The van der Waals surface area contributed by atoms with Crippen LogP contribution in [-0.4, -0.2) is 10.5 Å². The molecule has 0 radical (unpaired) electrons. The van der Waals surface area contributed by atoms with Crippen molar-refractivity contribution in [3.63, 3.8) is 0 Å². The van der Waals surface area contributed by atoms with E-state index < -0.39 is 17.5 Å². The third-order valence-electron chi connectivity index (χ3n) is 2.96. The summed E-state index contributed by atoms with van der Waals surface area (Å²) < 4.78 is 27.7. The molecule has 1 aromatic carbocycles. The summed E-state index contributed by atoms with van der Waals surface area (Å²) in [6, 6.07) is 4.22. The molecule has 0 fully saturated rings. The zero-order chi connectivity index (χ0) is 16.3. The lowest BCUT2D eigenvalue weighted by atomic mass is 10.2. The number of carbonyl (C=O) groups is 1. The number of nitrogens with one attached hydrogen (secondary N) is 1. The largest absolute Gasteiger partial charge is 0.321 e. The zero-order valence-electron chi connectivity index (χ0n) is 11.7. The number of aromatic nitrogens is 1. The maximum absolute atomic E-state index is 13.2. The maximum Gasteiger partial charge on any atom is 0.257 e. The van der Waals surface area contributed by atoms with Gasteiger partial charge in [0.15, 0.2) is 11.6 Å². The van der Waals surface area contributed by atoms with E-state index in [0.717, 1.165) is 18.6 Å². The fraction of sp³-hybridized carbons (Fsp3) is 0.200. The van der Waals surface area contributed by atoms with E-state index >= 15 is 0 Å². The Morgan fingerprint density at radius 1 is 1.27 bits per heavy atom. The summed E-state index contributed by atoms with van der Waals surface area (Å²) in [6.07, 6.45) is 2.24. The molecule has 2 rings (SSSR count). The third kappa shape index (κ3) is 3.51. The van der Waals surface area contributed by atoms with E-state index in [-0.39, 0.29) is 16.1 Å². The zero-order valence-corrected chi connectivity index (χ0v) is 12.5. The Bertz CT molecular complexity index is 775. The van der Waals surface area contributed by atoms with E-state index in [1.54, 1.807) is 0 Å². The minimum atomic E-state index is -1.16. The van der Waals surface area contributed by atoms with Gasteiger partial charge in [0.2, 0.25) is 0 Å². The third-order valence-corrected chi connectivity index (χ3v) is 3.27. The van der Waals surface area contributed by atoms with Crippen molar-refractivity contribution in [2.75, 3.05) is 5.32 Å². The van der Waals surface area contributed by atoms with Gasteiger partial charge in [0, 0.05) is 18.8 Å². The predicted octanol–water partition coefficient (Wildman–Crippen LogP) is 3.44. The van der Waals surface area contributed by atoms with Gasteiger partial charge in [-0.2, -0.15) is 0 Å². The number of amides is 1. The van der Waals surface area contributed by atoms with Crippen LogP contribution in [0.25, 0.3) is 0 Å². The van der Waals surface area contributed by atoms with Crippen molar-refractivity contribution in [1.82, 2.24) is 4.57 Å². The Morgan fingerprint density at radius 3 is 2.64 bits per heavy atom. The van der Waals surface area contributed by atoms with Crippen LogP contribution in [0.3, 0.4) is 0 Å². The van der Waals surface area contributed by atoms with Crippen LogP contribution >= 0.6 is 11.6 Å². The molecule has 0 unspecified atom stereocenters. The molecule has 0 spiro atoms. The topological polar surface area (TPSA) is 51.1 Å². The van der Waals surface area contributed by atoms with Gasteiger partial charge in [-0.25, -0.2) is 8.78 Å². The number of halogens is 3. The predicted molar refractivity (Wildman–Crippen MR) is 80.3 cm³/mol. The van der Waals surface area contributed by atoms with Crippen molar-refractivity contribution in [3.05, 3.63) is 63.0 Å². The molecule has 0 saturated heterocycles. The SMILES string of the molecule is CCCn1cc(NC(=O)c2cc(F)c(F)cc2Cl)ccc1=O. The summed E-state index contributed by atoms with van der Waals surface area (Å²) in [5, 5.41) is 2.30. The lowest BCUT2D eigenvalue weighted by Gasteiger charge is -2.10. The summed E-state index contributed by atoms with van der Waals surface area (Å²) >= 11 is 5.75. The second kappa shape index (κ2) is 6.70. The molecule has 0 aliphatic rings. The van der Waals surface area contributed by atoms with Crippen molar-refractivity contribution in [3.8, 4) is 0 Å². The number of benzene rings is 1. The van der Waals surface area contributed by atoms with Gasteiger partial charge < -0.3 is 9.88 Å². The molecule has 1 N–H and O–H groups in total. The standard InChI is InChI=1S/C15H13ClF2N2O2/c1-2-5-20-8-9(3-4-14(20)21)19-15(22)10-6-12(17)13(18)7-11(10)16/h3-4,6-8H,2,5H2,1H3,(H,19,22). The highest BCUT2D eigenvalue weighted by molar-refractivity contribution is 6.34. The summed E-state index contributed by atoms with van der Waals surface area (Å²) in [6.45, 7) is 2.42. The van der Waals surface area contributed by atoms with Crippen molar-refractivity contribution < 1.29 is 13.6 Å². The summed E-state index contributed by atoms with van der Waals surface area (Å²) in [4.78, 5) is 23.7. The molecular weight excluding hydrogens is 314 g/mol. The molecule has 0 aliphatic carbocycles. The van der Waals surface area contributed by atoms with E-state index in [2.05, 4.69) is 5.32 Å². The smallest absolute Gasteiger partial charge is 0.257 e. The molecule has 0 aliphatic heterocycles. The van der Waals surface area contributed by atoms with Crippen molar-refractivity contribution in [1.29, 1.82) is 0 Å². The van der Waals surface area contributed by atoms with Gasteiger partial charge >= 0.3 is 0 Å². The molecule has 1 aromatic heterocycles. The van der Waals surface area contributed by atoms with E-state index in [0.29, 0.717) is 12.2 Å². The highest BCUT2D eigenvalue weighted by Gasteiger charge is 2.15. The highest BCUT2D eigenvalue weighted by Crippen LogP contribution is 2.21. The first-order valence-electron chi connectivity index (χ1n) is 6.58. The Balaban J connectivity index is 2.27. The molecule has 22 heavy (non-hydrogen) atoms. The van der Waals surface area contributed by atoms with Crippen molar-refractivity contribution in [2.24, 2.45) is 0 Å². The first-order valence-corrected chi connectivity index (χ1v) is 6.96. The van der Waals surface area contributed by atoms with Crippen LogP contribution in [0.4, 0.5) is 14.5 Å². The molecular formula is C15H13ClF2N2O2. The number of pyridine rings is 1. The van der Waals surface area contributed by atoms with Crippen LogP contribution in [0.2, 0.25) is 5.02 Å². The minimum absolute atomic E-state index is 0.186. The fourth-order valence-corrected chi connectivity index (χ4v) is 2.15. The van der Waals surface area contributed by atoms with Gasteiger partial charge in [-0.05, 0) is 24.6 Å². The number of carbonyl (C=O) groups excluding carboxylic acids is 1. The summed E-state index contributed by atoms with van der Waals surface area (Å²) in [5.41, 5.74) is -0.0154. The number of anilines is 1. The first-order chi connectivity index (χ1) is 10.4. The van der Waals surface area contributed by atoms with Crippen LogP contribution in [0, 0.1) is 11.6 Å². The second-order valence-electron chi connectivity index (χ2n) is 4.65. The minimum Gasteiger partial charge on any atom is -0.321 e. The van der Waals surface area contributed by atoms with Gasteiger partial charge in [-0.15, -0.1) is 0 Å². The molecule has 0 bridgehead atoms. The second-order valence-corrected chi connectivity index (χ2v) is 5.06. The van der Waals surface area contributed by atoms with E-state index in [1.807, 2.05) is 6.92 Å². The number of rotatable bonds is 4. The molecule has 116 valence electrons. The molecule has 0 saturated carbocycles. The van der Waals surface area contributed by atoms with Crippen LogP contribution in [-0.2, 0) is 6.54 Å².